The van der Waals surface area contributed by atoms with Gasteiger partial charge in [0.1, 0.15) is 11.9 Å². The molecule has 5 aliphatic rings. The number of aromatic nitrogens is 3. The van der Waals surface area contributed by atoms with Crippen LogP contribution in [0, 0.1) is 16.7 Å². The highest BCUT2D eigenvalue weighted by Gasteiger charge is 2.58. The summed E-state index contributed by atoms with van der Waals surface area (Å²) in [7, 11) is -3.18. The molecule has 0 unspecified atom stereocenters. The van der Waals surface area contributed by atoms with Crippen molar-refractivity contribution < 1.29 is 18.3 Å². The maximum absolute atomic E-state index is 13.0. The summed E-state index contributed by atoms with van der Waals surface area (Å²) in [5, 5.41) is 14.7. The third-order valence-electron chi connectivity index (χ3n) is 9.30. The average Bonchev–Trinajstić information content (AvgIpc) is 3.26. The molecule has 2 saturated heterocycles. The first kappa shape index (κ1) is 22.7. The molecule has 2 aromatic rings. The summed E-state index contributed by atoms with van der Waals surface area (Å²) < 4.78 is 25.6. The van der Waals surface area contributed by atoms with E-state index in [1.54, 1.807) is 18.5 Å². The van der Waals surface area contributed by atoms with Gasteiger partial charge in [0.15, 0.2) is 15.7 Å². The fourth-order valence-electron chi connectivity index (χ4n) is 7.19. The fraction of sp³-hybridized carbons (Fsp3) is 0.654. The zero-order valence-corrected chi connectivity index (χ0v) is 21.5. The van der Waals surface area contributed by atoms with Gasteiger partial charge in [0.05, 0.1) is 10.9 Å². The molecule has 36 heavy (non-hydrogen) atoms. The monoisotopic (exact) mass is 511 g/mol. The summed E-state index contributed by atoms with van der Waals surface area (Å²) in [4.78, 5) is 21.7. The summed E-state index contributed by atoms with van der Waals surface area (Å²) in [5.41, 5.74) is 0.799. The fourth-order valence-corrected chi connectivity index (χ4v) is 7.88. The quantitative estimate of drug-likeness (QED) is 0.660. The van der Waals surface area contributed by atoms with E-state index in [4.69, 9.17) is 0 Å². The molecule has 3 aliphatic carbocycles. The van der Waals surface area contributed by atoms with Gasteiger partial charge in [-0.25, -0.2) is 22.9 Å². The lowest BCUT2D eigenvalue weighted by Crippen LogP contribution is -2.71. The second kappa shape index (κ2) is 7.31. The number of amides is 2. The van der Waals surface area contributed by atoms with E-state index < -0.39 is 15.4 Å². The number of sulfone groups is 1. The molecule has 7 rings (SSSR count). The van der Waals surface area contributed by atoms with Crippen molar-refractivity contribution in [2.24, 2.45) is 16.7 Å². The van der Waals surface area contributed by atoms with E-state index in [0.717, 1.165) is 76.7 Å². The first-order valence-corrected chi connectivity index (χ1v) is 14.9. The Balaban J connectivity index is 0.855. The molecule has 3 heterocycles. The van der Waals surface area contributed by atoms with Crippen molar-refractivity contribution in [1.82, 2.24) is 24.6 Å². The van der Waals surface area contributed by atoms with E-state index in [9.17, 15) is 18.3 Å². The lowest BCUT2D eigenvalue weighted by Gasteiger charge is -2.63. The number of likely N-dealkylation sites (tertiary alicyclic amines) is 2. The van der Waals surface area contributed by atoms with Crippen LogP contribution in [0.1, 0.15) is 56.0 Å². The number of hydrogen-bond donors (Lipinski definition) is 1. The van der Waals surface area contributed by atoms with Crippen LogP contribution < -0.4 is 0 Å². The van der Waals surface area contributed by atoms with Gasteiger partial charge in [-0.2, -0.15) is 5.10 Å². The lowest BCUT2D eigenvalue weighted by molar-refractivity contribution is -0.107. The summed E-state index contributed by atoms with van der Waals surface area (Å²) in [6.07, 6.45) is 9.66. The normalized spacial score (nSPS) is 25.7. The number of carbonyl (C=O) groups excluding carboxylic acids is 1. The van der Waals surface area contributed by atoms with E-state index in [-0.39, 0.29) is 16.9 Å². The van der Waals surface area contributed by atoms with Crippen LogP contribution >= 0.6 is 0 Å². The van der Waals surface area contributed by atoms with Gasteiger partial charge in [0, 0.05) is 43.3 Å². The highest BCUT2D eigenvalue weighted by Crippen LogP contribution is 2.56. The smallest absolute Gasteiger partial charge is 0.320 e. The molecule has 2 spiro atoms. The Kier molecular flexibility index (Phi) is 4.61. The summed E-state index contributed by atoms with van der Waals surface area (Å²) in [6, 6.07) is 7.81. The Morgan fingerprint density at radius 3 is 2.31 bits per heavy atom. The number of aliphatic hydroxyl groups is 1. The van der Waals surface area contributed by atoms with Crippen LogP contribution in [0.4, 0.5) is 4.79 Å². The number of nitrogens with zero attached hydrogens (tertiary/aromatic N) is 5. The number of benzene rings is 1. The highest BCUT2D eigenvalue weighted by atomic mass is 32.2. The average molecular weight is 512 g/mol. The van der Waals surface area contributed by atoms with Crippen LogP contribution in [0.3, 0.4) is 0 Å². The Morgan fingerprint density at radius 2 is 1.69 bits per heavy atom. The van der Waals surface area contributed by atoms with E-state index in [0.29, 0.717) is 22.7 Å². The summed E-state index contributed by atoms with van der Waals surface area (Å²) in [6.45, 7) is 3.36. The standard InChI is InChI=1S/C26H33N5O4S/c1-36(34,35)21-4-2-3-18(8-21)7-19-9-24(10-19)13-29(14-24)23(32)30-15-25(16-30)11-20(12-25)31-17-27-22(28-31)26(33)5-6-26/h2-4,8,17,19-20,33H,5-7,9-16H2,1H3. The van der Waals surface area contributed by atoms with E-state index >= 15 is 0 Å². The summed E-state index contributed by atoms with van der Waals surface area (Å²) in [5.74, 6) is 1.12. The Bertz CT molecular complexity index is 1320. The zero-order chi connectivity index (χ0) is 24.9. The molecule has 2 aliphatic heterocycles. The van der Waals surface area contributed by atoms with Crippen LogP contribution in [0.5, 0.6) is 0 Å². The third-order valence-corrected chi connectivity index (χ3v) is 10.4. The minimum atomic E-state index is -3.18. The number of hydrogen-bond acceptors (Lipinski definition) is 6. The lowest BCUT2D eigenvalue weighted by atomic mass is 9.56. The molecule has 1 aromatic heterocycles. The van der Waals surface area contributed by atoms with Gasteiger partial charge < -0.3 is 14.9 Å². The van der Waals surface area contributed by atoms with Crippen LogP contribution in [0.25, 0.3) is 0 Å². The van der Waals surface area contributed by atoms with Crippen molar-refractivity contribution in [2.45, 2.75) is 61.5 Å². The van der Waals surface area contributed by atoms with E-state index in [2.05, 4.69) is 10.1 Å². The SMILES string of the molecule is CS(=O)(=O)c1cccc(CC2CC3(C2)CN(C(=O)N2CC4(CC(n5cnc(C6(O)CC6)n5)C4)C2)C3)c1. The highest BCUT2D eigenvalue weighted by molar-refractivity contribution is 7.90. The zero-order valence-electron chi connectivity index (χ0n) is 20.6. The minimum Gasteiger partial charge on any atom is -0.382 e. The Hall–Kier alpha value is -2.46. The van der Waals surface area contributed by atoms with Gasteiger partial charge in [0.25, 0.3) is 0 Å². The van der Waals surface area contributed by atoms with Crippen LogP contribution in [0.15, 0.2) is 35.5 Å². The van der Waals surface area contributed by atoms with Crippen LogP contribution in [0.2, 0.25) is 0 Å². The maximum atomic E-state index is 13.0. The van der Waals surface area contributed by atoms with E-state index in [1.807, 2.05) is 26.6 Å². The first-order chi connectivity index (χ1) is 17.0. The predicted molar refractivity (Wildman–Crippen MR) is 131 cm³/mol. The molecule has 10 heteroatoms. The van der Waals surface area contributed by atoms with Crippen molar-refractivity contribution in [3.63, 3.8) is 0 Å². The van der Waals surface area contributed by atoms with E-state index in [1.165, 1.54) is 6.26 Å². The molecule has 9 nitrogen and oxygen atoms in total. The molecule has 5 fully saturated rings. The largest absolute Gasteiger partial charge is 0.382 e. The van der Waals surface area contributed by atoms with Crippen molar-refractivity contribution in [3.05, 3.63) is 42.0 Å². The number of urea groups is 1. The predicted octanol–water partition coefficient (Wildman–Crippen LogP) is 2.37. The molecule has 2 amide bonds. The van der Waals surface area contributed by atoms with Gasteiger partial charge in [-0.15, -0.1) is 0 Å². The summed E-state index contributed by atoms with van der Waals surface area (Å²) >= 11 is 0. The topological polar surface area (TPSA) is 109 Å². The van der Waals surface area contributed by atoms with Crippen molar-refractivity contribution in [3.8, 4) is 0 Å². The molecule has 1 aromatic carbocycles. The van der Waals surface area contributed by atoms with Crippen molar-refractivity contribution in [1.29, 1.82) is 0 Å². The maximum Gasteiger partial charge on any atom is 0.320 e. The van der Waals surface area contributed by atoms with Crippen molar-refractivity contribution >= 4 is 15.9 Å². The molecule has 1 N–H and O–H groups in total. The van der Waals surface area contributed by atoms with Gasteiger partial charge in [-0.1, -0.05) is 12.1 Å². The molecular formula is C26H33N5O4S. The second-order valence-corrected chi connectivity index (χ2v) is 14.6. The van der Waals surface area contributed by atoms with Gasteiger partial charge in [-0.05, 0) is 68.6 Å². The molecule has 0 atom stereocenters. The number of rotatable bonds is 5. The first-order valence-electron chi connectivity index (χ1n) is 13.0. The Morgan fingerprint density at radius 1 is 1.06 bits per heavy atom. The Labute approximate surface area is 211 Å². The van der Waals surface area contributed by atoms with Crippen molar-refractivity contribution in [2.75, 3.05) is 32.4 Å². The third kappa shape index (κ3) is 3.67. The molecule has 3 saturated carbocycles. The van der Waals surface area contributed by atoms with Gasteiger partial charge in [0.2, 0.25) is 0 Å². The van der Waals surface area contributed by atoms with Crippen LogP contribution in [-0.2, 0) is 21.9 Å². The molecule has 0 bridgehead atoms. The molecular weight excluding hydrogens is 478 g/mol. The second-order valence-electron chi connectivity index (χ2n) is 12.5. The van der Waals surface area contributed by atoms with Crippen LogP contribution in [-0.4, -0.2) is 76.6 Å². The molecule has 0 radical (unpaired) electrons. The van der Waals surface area contributed by atoms with Gasteiger partial charge >= 0.3 is 6.03 Å². The van der Waals surface area contributed by atoms with Gasteiger partial charge in [-0.3, -0.25) is 0 Å². The minimum absolute atomic E-state index is 0.179. The molecule has 192 valence electrons. The number of carbonyl (C=O) groups is 1.